The van der Waals surface area contributed by atoms with Crippen molar-refractivity contribution < 1.29 is 4.79 Å². The molecule has 1 amide bonds. The maximum absolute atomic E-state index is 11.9. The van der Waals surface area contributed by atoms with Crippen LogP contribution in [0.5, 0.6) is 0 Å². The summed E-state index contributed by atoms with van der Waals surface area (Å²) in [7, 11) is 1.76. The quantitative estimate of drug-likeness (QED) is 0.851. The van der Waals surface area contributed by atoms with Crippen LogP contribution in [-0.4, -0.2) is 44.1 Å². The molecule has 0 saturated carbocycles. The number of carbonyl (C=O) groups excluding carboxylic acids is 1. The van der Waals surface area contributed by atoms with E-state index < -0.39 is 0 Å². The van der Waals surface area contributed by atoms with Gasteiger partial charge in [-0.1, -0.05) is 0 Å². The largest absolute Gasteiger partial charge is 0.321 e. The van der Waals surface area contributed by atoms with Crippen LogP contribution < -0.4 is 0 Å². The fraction of sp³-hybridized carbons (Fsp3) is 0.267. The summed E-state index contributed by atoms with van der Waals surface area (Å²) in [5, 5.41) is 4.23. The molecule has 6 heteroatoms. The Kier molecular flexibility index (Phi) is 5.16. The second kappa shape index (κ2) is 7.08. The molecule has 2 heterocycles. The van der Waals surface area contributed by atoms with Crippen molar-refractivity contribution >= 4 is 23.7 Å². The van der Waals surface area contributed by atoms with Gasteiger partial charge in [-0.3, -0.25) is 9.78 Å². The first-order valence-corrected chi connectivity index (χ1v) is 7.83. The maximum atomic E-state index is 11.9. The van der Waals surface area contributed by atoms with Crippen molar-refractivity contribution in [1.82, 2.24) is 19.7 Å². The first-order valence-electron chi connectivity index (χ1n) is 6.54. The van der Waals surface area contributed by atoms with Crippen LogP contribution in [0.2, 0.25) is 0 Å². The molecule has 2 aromatic rings. The van der Waals surface area contributed by atoms with Gasteiger partial charge in [0.25, 0.3) is 0 Å². The van der Waals surface area contributed by atoms with Crippen molar-refractivity contribution in [1.29, 1.82) is 0 Å². The number of rotatable bonds is 5. The molecule has 1 atom stereocenters. The van der Waals surface area contributed by atoms with Gasteiger partial charge >= 0.3 is 0 Å². The highest BCUT2D eigenvalue weighted by molar-refractivity contribution is 7.99. The molecule has 1 unspecified atom stereocenters. The first-order chi connectivity index (χ1) is 10.1. The van der Waals surface area contributed by atoms with Crippen LogP contribution in [0.3, 0.4) is 0 Å². The van der Waals surface area contributed by atoms with Gasteiger partial charge in [0.15, 0.2) is 0 Å². The Morgan fingerprint density at radius 3 is 2.95 bits per heavy atom. The monoisotopic (exact) mass is 302 g/mol. The van der Waals surface area contributed by atoms with E-state index in [1.807, 2.05) is 37.6 Å². The van der Waals surface area contributed by atoms with E-state index in [1.165, 1.54) is 11.8 Å². The lowest BCUT2D eigenvalue weighted by Gasteiger charge is -2.15. The summed E-state index contributed by atoms with van der Waals surface area (Å²) < 4.78 is 1.75. The fourth-order valence-corrected chi connectivity index (χ4v) is 2.08. The van der Waals surface area contributed by atoms with E-state index in [0.29, 0.717) is 0 Å². The Labute approximate surface area is 128 Å². The normalized spacial score (nSPS) is 12.5. The number of nitrogens with zero attached hydrogens (tertiary/aromatic N) is 4. The molecule has 0 fully saturated rings. The molecular formula is C15H18N4OS. The molecule has 0 saturated heterocycles. The van der Waals surface area contributed by atoms with Crippen LogP contribution in [0.1, 0.15) is 12.5 Å². The maximum Gasteiger partial charge on any atom is 0.239 e. The van der Waals surface area contributed by atoms with E-state index >= 15 is 0 Å². The van der Waals surface area contributed by atoms with Crippen LogP contribution in [0.4, 0.5) is 0 Å². The minimum absolute atomic E-state index is 0.0437. The van der Waals surface area contributed by atoms with Crippen LogP contribution in [0.25, 0.3) is 11.8 Å². The Morgan fingerprint density at radius 1 is 1.48 bits per heavy atom. The van der Waals surface area contributed by atoms with Gasteiger partial charge in [0.05, 0.1) is 23.3 Å². The lowest BCUT2D eigenvalue weighted by atomic mass is 10.3. The Morgan fingerprint density at radius 2 is 2.29 bits per heavy atom. The van der Waals surface area contributed by atoms with Gasteiger partial charge < -0.3 is 4.90 Å². The molecule has 0 aromatic carbocycles. The molecule has 5 nitrogen and oxygen atoms in total. The number of hydrogen-bond donors (Lipinski definition) is 0. The fourth-order valence-electron chi connectivity index (χ4n) is 1.71. The van der Waals surface area contributed by atoms with Crippen molar-refractivity contribution in [2.75, 3.05) is 13.3 Å². The minimum Gasteiger partial charge on any atom is -0.321 e. The van der Waals surface area contributed by atoms with Crippen LogP contribution in [0, 0.1) is 0 Å². The van der Waals surface area contributed by atoms with Gasteiger partial charge in [0, 0.05) is 31.2 Å². The summed E-state index contributed by atoms with van der Waals surface area (Å²) in [6.45, 7) is 1.90. The van der Waals surface area contributed by atoms with Gasteiger partial charge in [-0.05, 0) is 31.4 Å². The van der Waals surface area contributed by atoms with E-state index in [2.05, 4.69) is 10.1 Å². The minimum atomic E-state index is -0.0437. The molecule has 0 radical (unpaired) electrons. The SMILES string of the molecule is CSC(C)C(=O)N(C)C=Cc1cnn(-c2cccnc2)c1. The zero-order valence-corrected chi connectivity index (χ0v) is 13.1. The van der Waals surface area contributed by atoms with Crippen molar-refractivity contribution in [3.05, 3.63) is 48.7 Å². The summed E-state index contributed by atoms with van der Waals surface area (Å²) in [5.41, 5.74) is 1.83. The van der Waals surface area contributed by atoms with E-state index in [0.717, 1.165) is 11.3 Å². The predicted molar refractivity (Wildman–Crippen MR) is 86.1 cm³/mol. The third-order valence-electron chi connectivity index (χ3n) is 3.05. The summed E-state index contributed by atoms with van der Waals surface area (Å²) >= 11 is 1.54. The standard InChI is InChI=1S/C15H18N4OS/c1-12(21-3)15(20)18(2)8-6-13-9-17-19(11-13)14-5-4-7-16-10-14/h4-12H,1-3H3. The average molecular weight is 302 g/mol. The van der Waals surface area contributed by atoms with Gasteiger partial charge in [-0.15, -0.1) is 0 Å². The van der Waals surface area contributed by atoms with Crippen molar-refractivity contribution in [2.45, 2.75) is 12.2 Å². The number of pyridine rings is 1. The molecule has 2 rings (SSSR count). The second-order valence-corrected chi connectivity index (χ2v) is 5.75. The number of hydrogen-bond acceptors (Lipinski definition) is 4. The first kappa shape index (κ1) is 15.3. The summed E-state index contributed by atoms with van der Waals surface area (Å²) in [4.78, 5) is 17.6. The molecule has 21 heavy (non-hydrogen) atoms. The molecule has 0 bridgehead atoms. The smallest absolute Gasteiger partial charge is 0.239 e. The van der Waals surface area contributed by atoms with Gasteiger partial charge in [0.2, 0.25) is 5.91 Å². The third-order valence-corrected chi connectivity index (χ3v) is 3.96. The molecule has 2 aromatic heterocycles. The lowest BCUT2D eigenvalue weighted by Crippen LogP contribution is -2.28. The third kappa shape index (κ3) is 3.95. The average Bonchev–Trinajstić information content (AvgIpc) is 3.01. The van der Waals surface area contributed by atoms with Gasteiger partial charge in [0.1, 0.15) is 0 Å². The highest BCUT2D eigenvalue weighted by atomic mass is 32.2. The predicted octanol–water partition coefficient (Wildman–Crippen LogP) is 2.45. The van der Waals surface area contributed by atoms with E-state index in [9.17, 15) is 4.79 Å². The van der Waals surface area contributed by atoms with E-state index in [-0.39, 0.29) is 11.2 Å². The van der Waals surface area contributed by atoms with Gasteiger partial charge in [-0.2, -0.15) is 16.9 Å². The van der Waals surface area contributed by atoms with Crippen molar-refractivity contribution in [3.63, 3.8) is 0 Å². The molecule has 0 aliphatic heterocycles. The summed E-state index contributed by atoms with van der Waals surface area (Å²) in [6.07, 6.45) is 12.7. The van der Waals surface area contributed by atoms with Crippen LogP contribution in [0.15, 0.2) is 43.1 Å². The topological polar surface area (TPSA) is 51.0 Å². The Balaban J connectivity index is 2.06. The lowest BCUT2D eigenvalue weighted by molar-refractivity contribution is -0.126. The number of amides is 1. The molecule has 0 spiro atoms. The Hall–Kier alpha value is -2.08. The Bertz CT molecular complexity index is 624. The molecule has 110 valence electrons. The molecule has 0 aliphatic carbocycles. The van der Waals surface area contributed by atoms with Crippen molar-refractivity contribution in [2.24, 2.45) is 0 Å². The molecular weight excluding hydrogens is 284 g/mol. The zero-order valence-electron chi connectivity index (χ0n) is 12.3. The van der Waals surface area contributed by atoms with Crippen LogP contribution in [-0.2, 0) is 4.79 Å². The van der Waals surface area contributed by atoms with Crippen molar-refractivity contribution in [3.8, 4) is 5.69 Å². The van der Waals surface area contributed by atoms with E-state index in [4.69, 9.17) is 0 Å². The van der Waals surface area contributed by atoms with Crippen LogP contribution >= 0.6 is 11.8 Å². The number of aromatic nitrogens is 3. The number of thioether (sulfide) groups is 1. The molecule has 0 aliphatic rings. The zero-order chi connectivity index (χ0) is 15.2. The van der Waals surface area contributed by atoms with E-state index in [1.54, 1.807) is 41.4 Å². The highest BCUT2D eigenvalue weighted by Gasteiger charge is 2.13. The number of carbonyl (C=O) groups is 1. The summed E-state index contributed by atoms with van der Waals surface area (Å²) in [5.74, 6) is 0.0819. The second-order valence-electron chi connectivity index (χ2n) is 4.57. The molecule has 0 N–H and O–H groups in total. The highest BCUT2D eigenvalue weighted by Crippen LogP contribution is 2.11. The van der Waals surface area contributed by atoms with Gasteiger partial charge in [-0.25, -0.2) is 4.68 Å². The summed E-state index contributed by atoms with van der Waals surface area (Å²) in [6, 6.07) is 3.80.